The van der Waals surface area contributed by atoms with E-state index in [4.69, 9.17) is 0 Å². The summed E-state index contributed by atoms with van der Waals surface area (Å²) in [6.45, 7) is 16.3. The smallest absolute Gasteiger partial charge is 0.188 e. The van der Waals surface area contributed by atoms with Crippen molar-refractivity contribution in [3.05, 3.63) is 23.8 Å². The maximum absolute atomic E-state index is 12.0. The molecule has 0 aromatic carbocycles. The van der Waals surface area contributed by atoms with E-state index in [-0.39, 0.29) is 10.5 Å². The van der Waals surface area contributed by atoms with Crippen LogP contribution in [-0.4, -0.2) is 18.9 Å². The SMILES string of the molecule is C[C@H](CCC(C)(C)[Si](C)(C)O)C1CCC2C3C=CC4=CC(=O)CC[C@]4(C)C3CC[C@@]21C. The van der Waals surface area contributed by atoms with Gasteiger partial charge in [-0.15, -0.1) is 0 Å². The van der Waals surface area contributed by atoms with Gasteiger partial charge in [0, 0.05) is 6.42 Å². The Hall–Kier alpha value is -0.673. The molecular weight excluding hydrogens is 396 g/mol. The molecule has 7 atom stereocenters. The number of carbonyl (C=O) groups is 1. The number of allylic oxidation sites excluding steroid dienone is 4. The first-order valence-corrected chi connectivity index (χ1v) is 15.9. The van der Waals surface area contributed by atoms with Crippen LogP contribution in [0.5, 0.6) is 0 Å². The Morgan fingerprint density at radius 3 is 2.55 bits per heavy atom. The molecule has 0 spiro atoms. The van der Waals surface area contributed by atoms with Gasteiger partial charge in [-0.05, 0) is 109 Å². The molecule has 31 heavy (non-hydrogen) atoms. The molecule has 0 amide bonds. The topological polar surface area (TPSA) is 37.3 Å². The van der Waals surface area contributed by atoms with E-state index in [0.29, 0.717) is 23.0 Å². The molecule has 3 heteroatoms. The zero-order chi connectivity index (χ0) is 22.8. The van der Waals surface area contributed by atoms with Crippen molar-refractivity contribution in [2.24, 2.45) is 40.4 Å². The molecule has 0 saturated heterocycles. The molecule has 1 N–H and O–H groups in total. The Labute approximate surface area is 192 Å². The van der Waals surface area contributed by atoms with Crippen molar-refractivity contribution in [3.63, 3.8) is 0 Å². The Morgan fingerprint density at radius 2 is 1.87 bits per heavy atom. The van der Waals surface area contributed by atoms with Crippen LogP contribution in [-0.2, 0) is 4.79 Å². The highest BCUT2D eigenvalue weighted by atomic mass is 28.4. The maximum Gasteiger partial charge on any atom is 0.188 e. The molecule has 4 rings (SSSR count). The predicted octanol–water partition coefficient (Wildman–Crippen LogP) is 7.30. The number of hydrogen-bond donors (Lipinski definition) is 1. The molecule has 0 heterocycles. The monoisotopic (exact) mass is 442 g/mol. The zero-order valence-corrected chi connectivity index (χ0v) is 22.1. The van der Waals surface area contributed by atoms with E-state index < -0.39 is 8.32 Å². The van der Waals surface area contributed by atoms with Crippen molar-refractivity contribution in [2.45, 2.75) is 104 Å². The number of fused-ring (bicyclic) bond motifs is 5. The van der Waals surface area contributed by atoms with E-state index >= 15 is 0 Å². The van der Waals surface area contributed by atoms with E-state index in [2.05, 4.69) is 59.9 Å². The third kappa shape index (κ3) is 3.76. The van der Waals surface area contributed by atoms with Crippen molar-refractivity contribution in [1.82, 2.24) is 0 Å². The van der Waals surface area contributed by atoms with E-state index in [9.17, 15) is 9.59 Å². The molecule has 4 aliphatic carbocycles. The zero-order valence-electron chi connectivity index (χ0n) is 21.1. The molecule has 174 valence electrons. The molecule has 4 unspecified atom stereocenters. The van der Waals surface area contributed by atoms with Crippen molar-refractivity contribution in [1.29, 1.82) is 0 Å². The molecule has 0 aromatic rings. The van der Waals surface area contributed by atoms with Crippen LogP contribution in [0.1, 0.15) is 86.0 Å². The number of hydrogen-bond acceptors (Lipinski definition) is 2. The molecule has 0 aromatic heterocycles. The fourth-order valence-electron chi connectivity index (χ4n) is 8.07. The lowest BCUT2D eigenvalue weighted by molar-refractivity contribution is -0.116. The summed E-state index contributed by atoms with van der Waals surface area (Å²) in [4.78, 5) is 22.8. The van der Waals surface area contributed by atoms with Crippen LogP contribution in [0.25, 0.3) is 0 Å². The second-order valence-electron chi connectivity index (χ2n) is 13.3. The van der Waals surface area contributed by atoms with E-state index in [1.54, 1.807) is 0 Å². The normalized spacial score (nSPS) is 41.3. The van der Waals surface area contributed by atoms with Crippen LogP contribution in [0.4, 0.5) is 0 Å². The Balaban J connectivity index is 1.51. The summed E-state index contributed by atoms with van der Waals surface area (Å²) in [5.41, 5.74) is 1.97. The first-order chi connectivity index (χ1) is 14.3. The van der Waals surface area contributed by atoms with Gasteiger partial charge in [0.2, 0.25) is 0 Å². The molecule has 0 aliphatic heterocycles. The molecule has 0 bridgehead atoms. The van der Waals surface area contributed by atoms with Crippen LogP contribution < -0.4 is 0 Å². The third-order valence-electron chi connectivity index (χ3n) is 11.2. The van der Waals surface area contributed by atoms with Gasteiger partial charge < -0.3 is 4.80 Å². The first kappa shape index (κ1) is 23.5. The minimum atomic E-state index is -2.14. The highest BCUT2D eigenvalue weighted by Crippen LogP contribution is 2.66. The molecule has 2 fully saturated rings. The predicted molar refractivity (Wildman–Crippen MR) is 132 cm³/mol. The fourth-order valence-corrected chi connectivity index (χ4v) is 8.82. The summed E-state index contributed by atoms with van der Waals surface area (Å²) < 4.78 is 0. The largest absolute Gasteiger partial charge is 0.432 e. The number of rotatable bonds is 5. The third-order valence-corrected chi connectivity index (χ3v) is 14.7. The van der Waals surface area contributed by atoms with Crippen LogP contribution >= 0.6 is 0 Å². The molecule has 2 saturated carbocycles. The van der Waals surface area contributed by atoms with E-state index in [1.807, 2.05) is 6.08 Å². The van der Waals surface area contributed by atoms with E-state index in [1.165, 1.54) is 37.7 Å². The van der Waals surface area contributed by atoms with Crippen LogP contribution in [0.2, 0.25) is 18.1 Å². The van der Waals surface area contributed by atoms with Gasteiger partial charge >= 0.3 is 0 Å². The minimum Gasteiger partial charge on any atom is -0.432 e. The van der Waals surface area contributed by atoms with Gasteiger partial charge in [-0.1, -0.05) is 53.2 Å². The van der Waals surface area contributed by atoms with Gasteiger partial charge in [0.25, 0.3) is 0 Å². The Morgan fingerprint density at radius 1 is 1.16 bits per heavy atom. The summed E-state index contributed by atoms with van der Waals surface area (Å²) in [5, 5.41) is 0.0830. The molecular formula is C28H46O2Si. The van der Waals surface area contributed by atoms with Crippen LogP contribution in [0, 0.1) is 40.4 Å². The van der Waals surface area contributed by atoms with Gasteiger partial charge in [0.1, 0.15) is 0 Å². The van der Waals surface area contributed by atoms with Gasteiger partial charge in [-0.2, -0.15) is 0 Å². The second kappa shape index (κ2) is 7.69. The fraction of sp³-hybridized carbons (Fsp3) is 0.821. The summed E-state index contributed by atoms with van der Waals surface area (Å²) in [7, 11) is -2.14. The summed E-state index contributed by atoms with van der Waals surface area (Å²) >= 11 is 0. The van der Waals surface area contributed by atoms with Crippen molar-refractivity contribution in [2.75, 3.05) is 0 Å². The van der Waals surface area contributed by atoms with Crippen LogP contribution in [0.3, 0.4) is 0 Å². The second-order valence-corrected chi connectivity index (χ2v) is 17.8. The van der Waals surface area contributed by atoms with Crippen molar-refractivity contribution >= 4 is 14.1 Å². The lowest BCUT2D eigenvalue weighted by atomic mass is 9.48. The molecule has 4 aliphatic rings. The summed E-state index contributed by atoms with van der Waals surface area (Å²) in [6.07, 6.45) is 16.4. The van der Waals surface area contributed by atoms with Gasteiger partial charge in [0.15, 0.2) is 14.1 Å². The Kier molecular flexibility index (Phi) is 5.82. The lowest BCUT2D eigenvalue weighted by Gasteiger charge is -2.56. The van der Waals surface area contributed by atoms with Gasteiger partial charge in [-0.3, -0.25) is 4.79 Å². The highest BCUT2D eigenvalue weighted by Gasteiger charge is 2.58. The average molecular weight is 443 g/mol. The highest BCUT2D eigenvalue weighted by molar-refractivity contribution is 6.72. The number of ketones is 1. The molecule has 2 nitrogen and oxygen atoms in total. The Bertz CT molecular complexity index is 787. The summed E-state index contributed by atoms with van der Waals surface area (Å²) in [6, 6.07) is 0. The quantitative estimate of drug-likeness (QED) is 0.453. The maximum atomic E-state index is 12.0. The van der Waals surface area contributed by atoms with Gasteiger partial charge in [-0.25, -0.2) is 0 Å². The van der Waals surface area contributed by atoms with E-state index in [0.717, 1.165) is 37.0 Å². The number of carbonyl (C=O) groups excluding carboxylic acids is 1. The van der Waals surface area contributed by atoms with Crippen molar-refractivity contribution in [3.8, 4) is 0 Å². The average Bonchev–Trinajstić information content (AvgIpc) is 3.03. The van der Waals surface area contributed by atoms with Gasteiger partial charge in [0.05, 0.1) is 0 Å². The van der Waals surface area contributed by atoms with Crippen LogP contribution in [0.15, 0.2) is 23.8 Å². The van der Waals surface area contributed by atoms with Crippen molar-refractivity contribution < 1.29 is 9.59 Å². The first-order valence-electron chi connectivity index (χ1n) is 13.0. The lowest BCUT2D eigenvalue weighted by Crippen LogP contribution is -2.49. The molecule has 0 radical (unpaired) electrons. The minimum absolute atomic E-state index is 0.0830. The standard InChI is InChI=1S/C28H46O2Si/c1-19(12-15-26(2,3)31(6,7)30)23-10-11-24-22-9-8-20-18-21(29)13-16-27(20,4)25(22)14-17-28(23,24)5/h8-9,18-19,22-25,30H,10-17H2,1-7H3/t19-,22?,23?,24?,25?,27+,28-/m1/s1. The summed E-state index contributed by atoms with van der Waals surface area (Å²) in [5.74, 6) is 4.05.